The van der Waals surface area contributed by atoms with Crippen molar-refractivity contribution in [1.29, 1.82) is 0 Å². The zero-order valence-electron chi connectivity index (χ0n) is 24.2. The molecule has 2 rings (SSSR count). The highest BCUT2D eigenvalue weighted by Crippen LogP contribution is 2.27. The van der Waals surface area contributed by atoms with E-state index in [1.165, 1.54) is 0 Å². The number of morpholine rings is 1. The number of carbonyl (C=O) groups is 2. The Labute approximate surface area is 227 Å². The first-order valence-electron chi connectivity index (χ1n) is 13.4. The number of hydrogen-bond acceptors (Lipinski definition) is 8. The first-order chi connectivity index (χ1) is 17.9. The number of amides is 2. The minimum Gasteiger partial charge on any atom is -0.490 e. The van der Waals surface area contributed by atoms with E-state index in [9.17, 15) is 9.59 Å². The predicted molar refractivity (Wildman–Crippen MR) is 143 cm³/mol. The van der Waals surface area contributed by atoms with E-state index >= 15 is 0 Å². The van der Waals surface area contributed by atoms with Crippen LogP contribution in [0.3, 0.4) is 0 Å². The van der Waals surface area contributed by atoms with Crippen LogP contribution in [0.1, 0.15) is 55.4 Å². The van der Waals surface area contributed by atoms with E-state index in [2.05, 4.69) is 5.32 Å². The molecule has 216 valence electrons. The molecule has 1 aliphatic rings. The Bertz CT molecular complexity index is 871. The third-order valence-electron chi connectivity index (χ3n) is 5.68. The number of benzene rings is 1. The van der Waals surface area contributed by atoms with Gasteiger partial charge in [0.2, 0.25) is 6.29 Å². The normalized spacial score (nSPS) is 17.6. The standard InChI is InChI=1S/C28H46N2O8/c1-9-33-23-12-10-11-13-24(23)35-17-21-16-30(14-15-34-21)27(32)37-25(20(4)5)36-18-22(19(2)3)29-26(31)38-28(6,7)8/h10-13,19-22,25H,9,14-18H2,1-8H3,(H,29,31)/t21-,22-,25?/m0/s1. The molecular formula is C28H46N2O8. The zero-order chi connectivity index (χ0) is 28.3. The van der Waals surface area contributed by atoms with Gasteiger partial charge in [-0.05, 0) is 45.7 Å². The molecule has 1 aromatic rings. The molecule has 0 aromatic heterocycles. The molecule has 0 radical (unpaired) electrons. The topological polar surface area (TPSA) is 105 Å². The highest BCUT2D eigenvalue weighted by molar-refractivity contribution is 5.68. The van der Waals surface area contributed by atoms with E-state index in [1.54, 1.807) is 4.90 Å². The van der Waals surface area contributed by atoms with Crippen LogP contribution in [-0.4, -0.2) is 80.6 Å². The second kappa shape index (κ2) is 15.0. The van der Waals surface area contributed by atoms with Crippen molar-refractivity contribution in [3.05, 3.63) is 24.3 Å². The van der Waals surface area contributed by atoms with Gasteiger partial charge in [-0.2, -0.15) is 0 Å². The summed E-state index contributed by atoms with van der Waals surface area (Å²) in [4.78, 5) is 26.9. The first kappa shape index (κ1) is 31.5. The van der Waals surface area contributed by atoms with Crippen molar-refractivity contribution >= 4 is 12.2 Å². The Balaban J connectivity index is 1.90. The van der Waals surface area contributed by atoms with Gasteiger partial charge in [-0.15, -0.1) is 0 Å². The summed E-state index contributed by atoms with van der Waals surface area (Å²) < 4.78 is 34.4. The number of hydrogen-bond donors (Lipinski definition) is 1. The third kappa shape index (κ3) is 10.9. The number of carbonyl (C=O) groups excluding carboxylic acids is 2. The Kier molecular flexibility index (Phi) is 12.4. The summed E-state index contributed by atoms with van der Waals surface area (Å²) >= 11 is 0. The molecule has 0 spiro atoms. The van der Waals surface area contributed by atoms with Crippen LogP contribution in [-0.2, 0) is 18.9 Å². The van der Waals surface area contributed by atoms with E-state index in [1.807, 2.05) is 79.7 Å². The number of alkyl carbamates (subject to hydrolysis) is 1. The van der Waals surface area contributed by atoms with E-state index in [4.69, 9.17) is 28.4 Å². The van der Waals surface area contributed by atoms with Gasteiger partial charge in [0.05, 0.1) is 32.4 Å². The second-order valence-corrected chi connectivity index (χ2v) is 11.0. The summed E-state index contributed by atoms with van der Waals surface area (Å²) in [7, 11) is 0. The molecule has 1 heterocycles. The molecule has 38 heavy (non-hydrogen) atoms. The number of nitrogens with one attached hydrogen (secondary N) is 1. The van der Waals surface area contributed by atoms with Crippen LogP contribution in [0.15, 0.2) is 24.3 Å². The molecule has 10 nitrogen and oxygen atoms in total. The number of rotatable bonds is 12. The molecule has 1 aliphatic heterocycles. The van der Waals surface area contributed by atoms with E-state index in [0.717, 1.165) is 0 Å². The lowest BCUT2D eigenvalue weighted by molar-refractivity contribution is -0.147. The van der Waals surface area contributed by atoms with Crippen LogP contribution in [0.4, 0.5) is 9.59 Å². The van der Waals surface area contributed by atoms with Crippen LogP contribution >= 0.6 is 0 Å². The average Bonchev–Trinajstić information content (AvgIpc) is 2.84. The van der Waals surface area contributed by atoms with Crippen LogP contribution in [0.2, 0.25) is 0 Å². The molecule has 1 aromatic carbocycles. The molecule has 10 heteroatoms. The molecule has 0 aliphatic carbocycles. The maximum Gasteiger partial charge on any atom is 0.412 e. The number of nitrogens with zero attached hydrogens (tertiary/aromatic N) is 1. The predicted octanol–water partition coefficient (Wildman–Crippen LogP) is 4.85. The van der Waals surface area contributed by atoms with E-state index in [-0.39, 0.29) is 37.2 Å². The van der Waals surface area contributed by atoms with Crippen molar-refractivity contribution in [2.75, 3.05) is 39.5 Å². The minimum absolute atomic E-state index is 0.0823. The zero-order valence-corrected chi connectivity index (χ0v) is 24.2. The second-order valence-electron chi connectivity index (χ2n) is 11.0. The lowest BCUT2D eigenvalue weighted by Gasteiger charge is -2.34. The molecule has 3 atom stereocenters. The lowest BCUT2D eigenvalue weighted by atomic mass is 10.1. The van der Waals surface area contributed by atoms with Crippen molar-refractivity contribution in [3.63, 3.8) is 0 Å². The number of para-hydroxylation sites is 2. The molecule has 1 N–H and O–H groups in total. The number of ether oxygens (including phenoxy) is 6. The SMILES string of the molecule is CCOc1ccccc1OC[C@@H]1CN(C(=O)OC(OC[C@H](NC(=O)OC(C)(C)C)C(C)C)C(C)C)CCO1. The lowest BCUT2D eigenvalue weighted by Crippen LogP contribution is -2.49. The van der Waals surface area contributed by atoms with Gasteiger partial charge >= 0.3 is 12.2 Å². The Morgan fingerprint density at radius 1 is 1.08 bits per heavy atom. The quantitative estimate of drug-likeness (QED) is 0.377. The fourth-order valence-corrected chi connectivity index (χ4v) is 3.61. The van der Waals surface area contributed by atoms with Crippen molar-refractivity contribution in [2.24, 2.45) is 11.8 Å². The Morgan fingerprint density at radius 3 is 2.32 bits per heavy atom. The maximum atomic E-state index is 13.0. The Morgan fingerprint density at radius 2 is 1.74 bits per heavy atom. The summed E-state index contributed by atoms with van der Waals surface area (Å²) in [5, 5.41) is 2.85. The van der Waals surface area contributed by atoms with Gasteiger partial charge in [0.15, 0.2) is 11.5 Å². The highest BCUT2D eigenvalue weighted by atomic mass is 16.7. The van der Waals surface area contributed by atoms with Crippen molar-refractivity contribution in [3.8, 4) is 11.5 Å². The van der Waals surface area contributed by atoms with Crippen LogP contribution in [0, 0.1) is 11.8 Å². The third-order valence-corrected chi connectivity index (χ3v) is 5.68. The van der Waals surface area contributed by atoms with Crippen molar-refractivity contribution < 1.29 is 38.0 Å². The highest BCUT2D eigenvalue weighted by Gasteiger charge is 2.30. The molecule has 1 unspecified atom stereocenters. The van der Waals surface area contributed by atoms with E-state index in [0.29, 0.717) is 37.8 Å². The van der Waals surface area contributed by atoms with Crippen molar-refractivity contribution in [1.82, 2.24) is 10.2 Å². The molecule has 2 amide bonds. The van der Waals surface area contributed by atoms with Gasteiger partial charge in [0, 0.05) is 12.5 Å². The minimum atomic E-state index is -0.778. The summed E-state index contributed by atoms with van der Waals surface area (Å²) in [5.41, 5.74) is -0.601. The Hall–Kier alpha value is -2.72. The summed E-state index contributed by atoms with van der Waals surface area (Å²) in [6.07, 6.45) is -2.08. The van der Waals surface area contributed by atoms with E-state index < -0.39 is 24.1 Å². The van der Waals surface area contributed by atoms with Gasteiger partial charge < -0.3 is 38.6 Å². The fourth-order valence-electron chi connectivity index (χ4n) is 3.61. The largest absolute Gasteiger partial charge is 0.490 e. The maximum absolute atomic E-state index is 13.0. The molecule has 0 saturated carbocycles. The molecule has 1 saturated heterocycles. The first-order valence-corrected chi connectivity index (χ1v) is 13.4. The average molecular weight is 539 g/mol. The summed E-state index contributed by atoms with van der Waals surface area (Å²) in [6, 6.07) is 7.14. The van der Waals surface area contributed by atoms with Gasteiger partial charge in [0.1, 0.15) is 18.3 Å². The summed E-state index contributed by atoms with van der Waals surface area (Å²) in [6.45, 7) is 17.2. The van der Waals surface area contributed by atoms with Crippen molar-refractivity contribution in [2.45, 2.75) is 79.4 Å². The summed E-state index contributed by atoms with van der Waals surface area (Å²) in [5.74, 6) is 1.29. The molecular weight excluding hydrogens is 492 g/mol. The van der Waals surface area contributed by atoms with Crippen LogP contribution in [0.5, 0.6) is 11.5 Å². The fraction of sp³-hybridized carbons (Fsp3) is 0.714. The molecule has 0 bridgehead atoms. The molecule has 1 fully saturated rings. The van der Waals surface area contributed by atoms with Crippen LogP contribution < -0.4 is 14.8 Å². The van der Waals surface area contributed by atoms with Gasteiger partial charge in [-0.25, -0.2) is 9.59 Å². The van der Waals surface area contributed by atoms with Gasteiger partial charge in [-0.3, -0.25) is 0 Å². The van der Waals surface area contributed by atoms with Crippen LogP contribution in [0.25, 0.3) is 0 Å². The smallest absolute Gasteiger partial charge is 0.412 e. The van der Waals surface area contributed by atoms with Gasteiger partial charge in [0.25, 0.3) is 0 Å². The van der Waals surface area contributed by atoms with Gasteiger partial charge in [-0.1, -0.05) is 39.8 Å². The monoisotopic (exact) mass is 538 g/mol.